The summed E-state index contributed by atoms with van der Waals surface area (Å²) in [6, 6.07) is 35.0. The van der Waals surface area contributed by atoms with Gasteiger partial charge in [0.2, 0.25) is 0 Å². The van der Waals surface area contributed by atoms with Crippen molar-refractivity contribution < 1.29 is 9.53 Å². The van der Waals surface area contributed by atoms with E-state index in [0.29, 0.717) is 18.0 Å². The molecule has 1 atom stereocenters. The number of carbonyl (C=O) groups is 1. The molecule has 32 heavy (non-hydrogen) atoms. The number of hydrogen-bond acceptors (Lipinski definition) is 3. The Labute approximate surface area is 188 Å². The summed E-state index contributed by atoms with van der Waals surface area (Å²) < 4.78 is 5.66. The fourth-order valence-electron chi connectivity index (χ4n) is 3.56. The van der Waals surface area contributed by atoms with Crippen molar-refractivity contribution in [3.63, 3.8) is 0 Å². The second kappa shape index (κ2) is 10.3. The van der Waals surface area contributed by atoms with Crippen molar-refractivity contribution in [3.05, 3.63) is 115 Å². The first-order valence-electron chi connectivity index (χ1n) is 10.7. The summed E-state index contributed by atoms with van der Waals surface area (Å²) in [5, 5.41) is 6.42. The van der Waals surface area contributed by atoms with E-state index in [2.05, 4.69) is 34.9 Å². The first-order valence-corrected chi connectivity index (χ1v) is 10.7. The maximum Gasteiger partial charge on any atom is 0.251 e. The van der Waals surface area contributed by atoms with Gasteiger partial charge in [0, 0.05) is 5.69 Å². The minimum absolute atomic E-state index is 0.157. The van der Waals surface area contributed by atoms with Crippen LogP contribution in [0.3, 0.4) is 0 Å². The molecule has 4 rings (SSSR count). The maximum atomic E-state index is 13.3. The average molecular weight is 423 g/mol. The summed E-state index contributed by atoms with van der Waals surface area (Å²) in [4.78, 5) is 13.3. The van der Waals surface area contributed by atoms with E-state index in [4.69, 9.17) is 4.74 Å². The van der Waals surface area contributed by atoms with E-state index < -0.39 is 6.04 Å². The minimum atomic E-state index is -0.562. The highest BCUT2D eigenvalue weighted by atomic mass is 16.5. The lowest BCUT2D eigenvalue weighted by Crippen LogP contribution is -2.27. The zero-order valence-electron chi connectivity index (χ0n) is 18.0. The van der Waals surface area contributed by atoms with Crippen LogP contribution in [0.1, 0.15) is 18.5 Å². The molecule has 0 bridgehead atoms. The molecule has 2 N–H and O–H groups in total. The van der Waals surface area contributed by atoms with Crippen LogP contribution in [-0.4, -0.2) is 12.5 Å². The van der Waals surface area contributed by atoms with Crippen LogP contribution in [0.25, 0.3) is 11.1 Å². The van der Waals surface area contributed by atoms with E-state index in [-0.39, 0.29) is 5.91 Å². The van der Waals surface area contributed by atoms with E-state index in [1.165, 1.54) is 0 Å². The third-order valence-corrected chi connectivity index (χ3v) is 5.14. The fourth-order valence-corrected chi connectivity index (χ4v) is 3.56. The summed E-state index contributed by atoms with van der Waals surface area (Å²) in [7, 11) is 0. The van der Waals surface area contributed by atoms with Gasteiger partial charge in [-0.2, -0.15) is 0 Å². The van der Waals surface area contributed by atoms with Gasteiger partial charge in [-0.1, -0.05) is 84.9 Å². The Balaban J connectivity index is 1.57. The van der Waals surface area contributed by atoms with Gasteiger partial charge in [-0.15, -0.1) is 0 Å². The standard InChI is InChI=1S/C28H26N2O2/c1-2-32-26-16-10-9-15-25(26)30-28(31)27(23-13-7-4-8-14-23)29-24-19-17-22(18-20-24)21-11-5-3-6-12-21/h3-20,27,29H,2H2,1H3,(H,30,31)/t27-/m0/s1. The van der Waals surface area contributed by atoms with E-state index in [0.717, 1.165) is 22.4 Å². The predicted octanol–water partition coefficient (Wildman–Crippen LogP) is 6.54. The third kappa shape index (κ3) is 5.16. The smallest absolute Gasteiger partial charge is 0.251 e. The monoisotopic (exact) mass is 422 g/mol. The zero-order chi connectivity index (χ0) is 22.2. The number of para-hydroxylation sites is 2. The van der Waals surface area contributed by atoms with E-state index in [1.54, 1.807) is 0 Å². The first-order chi connectivity index (χ1) is 15.7. The predicted molar refractivity (Wildman–Crippen MR) is 131 cm³/mol. The summed E-state index contributed by atoms with van der Waals surface area (Å²) >= 11 is 0. The van der Waals surface area contributed by atoms with Crippen molar-refractivity contribution in [2.75, 3.05) is 17.2 Å². The van der Waals surface area contributed by atoms with Crippen LogP contribution >= 0.6 is 0 Å². The van der Waals surface area contributed by atoms with Gasteiger partial charge in [0.15, 0.2) is 0 Å². The molecule has 0 aliphatic heterocycles. The van der Waals surface area contributed by atoms with Crippen molar-refractivity contribution in [3.8, 4) is 16.9 Å². The van der Waals surface area contributed by atoms with Gasteiger partial charge in [-0.3, -0.25) is 4.79 Å². The maximum absolute atomic E-state index is 13.3. The summed E-state index contributed by atoms with van der Waals surface area (Å²) in [5.41, 5.74) is 4.69. The normalized spacial score (nSPS) is 11.4. The van der Waals surface area contributed by atoms with Crippen LogP contribution < -0.4 is 15.4 Å². The van der Waals surface area contributed by atoms with Gasteiger partial charge in [-0.05, 0) is 47.9 Å². The average Bonchev–Trinajstić information content (AvgIpc) is 2.85. The van der Waals surface area contributed by atoms with E-state index >= 15 is 0 Å². The molecule has 0 saturated heterocycles. The molecule has 1 amide bonds. The quantitative estimate of drug-likeness (QED) is 0.339. The molecule has 0 spiro atoms. The van der Waals surface area contributed by atoms with Crippen molar-refractivity contribution in [2.24, 2.45) is 0 Å². The molecular formula is C28H26N2O2. The summed E-state index contributed by atoms with van der Waals surface area (Å²) in [6.07, 6.45) is 0. The Bertz CT molecular complexity index is 1140. The molecular weight excluding hydrogens is 396 g/mol. The lowest BCUT2D eigenvalue weighted by atomic mass is 10.0. The van der Waals surface area contributed by atoms with Gasteiger partial charge < -0.3 is 15.4 Å². The van der Waals surface area contributed by atoms with E-state index in [9.17, 15) is 4.79 Å². The molecule has 0 aromatic heterocycles. The Kier molecular flexibility index (Phi) is 6.83. The van der Waals surface area contributed by atoms with Crippen molar-refractivity contribution in [1.29, 1.82) is 0 Å². The van der Waals surface area contributed by atoms with Crippen LogP contribution in [-0.2, 0) is 4.79 Å². The number of benzene rings is 4. The molecule has 0 unspecified atom stereocenters. The van der Waals surface area contributed by atoms with Crippen LogP contribution in [0.4, 0.5) is 11.4 Å². The lowest BCUT2D eigenvalue weighted by molar-refractivity contribution is -0.117. The zero-order valence-corrected chi connectivity index (χ0v) is 18.0. The van der Waals surface area contributed by atoms with Gasteiger partial charge in [0.05, 0.1) is 12.3 Å². The third-order valence-electron chi connectivity index (χ3n) is 5.14. The largest absolute Gasteiger partial charge is 0.492 e. The van der Waals surface area contributed by atoms with Crippen LogP contribution in [0.15, 0.2) is 109 Å². The van der Waals surface area contributed by atoms with E-state index in [1.807, 2.05) is 91.9 Å². The number of anilines is 2. The summed E-state index contributed by atoms with van der Waals surface area (Å²) in [6.45, 7) is 2.45. The van der Waals surface area contributed by atoms with Crippen LogP contribution in [0.2, 0.25) is 0 Å². The van der Waals surface area contributed by atoms with Crippen LogP contribution in [0.5, 0.6) is 5.75 Å². The number of rotatable bonds is 8. The molecule has 4 heteroatoms. The minimum Gasteiger partial charge on any atom is -0.492 e. The molecule has 0 fully saturated rings. The second-order valence-corrected chi connectivity index (χ2v) is 7.35. The highest BCUT2D eigenvalue weighted by molar-refractivity contribution is 5.98. The number of carbonyl (C=O) groups excluding carboxylic acids is 1. The number of amides is 1. The molecule has 4 nitrogen and oxygen atoms in total. The van der Waals surface area contributed by atoms with Gasteiger partial charge in [-0.25, -0.2) is 0 Å². The number of ether oxygens (including phenoxy) is 1. The molecule has 0 aliphatic rings. The van der Waals surface area contributed by atoms with Gasteiger partial charge in [0.1, 0.15) is 11.8 Å². The molecule has 0 radical (unpaired) electrons. The highest BCUT2D eigenvalue weighted by Crippen LogP contribution is 2.28. The topological polar surface area (TPSA) is 50.4 Å². The molecule has 0 heterocycles. The van der Waals surface area contributed by atoms with Gasteiger partial charge in [0.25, 0.3) is 5.91 Å². The Hall–Kier alpha value is -4.05. The number of hydrogen-bond donors (Lipinski definition) is 2. The molecule has 0 aliphatic carbocycles. The molecule has 160 valence electrons. The van der Waals surface area contributed by atoms with Crippen molar-refractivity contribution >= 4 is 17.3 Å². The Morgan fingerprint density at radius 1 is 0.750 bits per heavy atom. The van der Waals surface area contributed by atoms with Gasteiger partial charge >= 0.3 is 0 Å². The molecule has 0 saturated carbocycles. The Morgan fingerprint density at radius 2 is 1.34 bits per heavy atom. The molecule has 4 aromatic rings. The lowest BCUT2D eigenvalue weighted by Gasteiger charge is -2.21. The molecule has 4 aromatic carbocycles. The number of nitrogens with one attached hydrogen (secondary N) is 2. The SMILES string of the molecule is CCOc1ccccc1NC(=O)[C@@H](Nc1ccc(-c2ccccc2)cc1)c1ccccc1. The summed E-state index contributed by atoms with van der Waals surface area (Å²) in [5.74, 6) is 0.498. The highest BCUT2D eigenvalue weighted by Gasteiger charge is 2.21. The Morgan fingerprint density at radius 3 is 2.03 bits per heavy atom. The fraction of sp³-hybridized carbons (Fsp3) is 0.107. The van der Waals surface area contributed by atoms with Crippen molar-refractivity contribution in [2.45, 2.75) is 13.0 Å². The second-order valence-electron chi connectivity index (χ2n) is 7.35. The van der Waals surface area contributed by atoms with Crippen LogP contribution in [0, 0.1) is 0 Å². The van der Waals surface area contributed by atoms with Crippen molar-refractivity contribution in [1.82, 2.24) is 0 Å². The first kappa shape index (κ1) is 21.2.